The van der Waals surface area contributed by atoms with Gasteiger partial charge >= 0.3 is 0 Å². The Kier molecular flexibility index (Phi) is 7.01. The summed E-state index contributed by atoms with van der Waals surface area (Å²) in [5.41, 5.74) is 5.70. The Labute approximate surface area is 105 Å². The van der Waals surface area contributed by atoms with Crippen LogP contribution in [-0.2, 0) is 4.74 Å². The molecule has 0 atom stereocenters. The average molecular weight is 241 g/mol. The third-order valence-electron chi connectivity index (χ3n) is 2.93. The van der Waals surface area contributed by atoms with Gasteiger partial charge in [0.25, 0.3) is 0 Å². The van der Waals surface area contributed by atoms with Crippen molar-refractivity contribution in [2.45, 2.75) is 64.5 Å². The van der Waals surface area contributed by atoms with Crippen molar-refractivity contribution in [3.63, 3.8) is 0 Å². The highest BCUT2D eigenvalue weighted by Crippen LogP contribution is 2.20. The fourth-order valence-corrected chi connectivity index (χ4v) is 2.09. The summed E-state index contributed by atoms with van der Waals surface area (Å²) in [6, 6.07) is 0.345. The molecule has 1 rings (SSSR count). The minimum Gasteiger partial charge on any atom is -0.378 e. The van der Waals surface area contributed by atoms with Crippen molar-refractivity contribution >= 4 is 5.96 Å². The largest absolute Gasteiger partial charge is 0.378 e. The Balaban J connectivity index is 1.99. The Hall–Kier alpha value is -0.770. The smallest absolute Gasteiger partial charge is 0.188 e. The van der Waals surface area contributed by atoms with E-state index in [9.17, 15) is 0 Å². The molecule has 3 N–H and O–H groups in total. The number of ether oxygens (including phenoxy) is 1. The van der Waals surface area contributed by atoms with Crippen molar-refractivity contribution in [3.05, 3.63) is 0 Å². The van der Waals surface area contributed by atoms with Crippen LogP contribution in [0.25, 0.3) is 0 Å². The first-order chi connectivity index (χ1) is 8.18. The second kappa shape index (κ2) is 8.34. The van der Waals surface area contributed by atoms with E-state index in [0.717, 1.165) is 19.6 Å². The number of hydrogen-bond donors (Lipinski definition) is 2. The predicted octanol–water partition coefficient (Wildman–Crippen LogP) is 2.04. The number of nitrogens with zero attached hydrogens (tertiary/aromatic N) is 1. The minimum atomic E-state index is 0.345. The standard InChI is InChI=1S/C13H27N3O/c1-11(2)16-13(14)15-9-6-10-17-12-7-4-3-5-8-12/h11-12H,3-10H2,1-2H3,(H3,14,15,16). The number of aliphatic imine (C=N–C) groups is 1. The summed E-state index contributed by atoms with van der Waals surface area (Å²) in [5, 5.41) is 3.07. The minimum absolute atomic E-state index is 0.345. The van der Waals surface area contributed by atoms with Gasteiger partial charge < -0.3 is 15.8 Å². The highest BCUT2D eigenvalue weighted by molar-refractivity contribution is 5.77. The van der Waals surface area contributed by atoms with Crippen molar-refractivity contribution in [2.75, 3.05) is 13.2 Å². The molecule has 0 saturated heterocycles. The van der Waals surface area contributed by atoms with E-state index < -0.39 is 0 Å². The number of guanidine groups is 1. The van der Waals surface area contributed by atoms with Crippen molar-refractivity contribution in [1.82, 2.24) is 5.32 Å². The zero-order chi connectivity index (χ0) is 12.5. The molecule has 4 heteroatoms. The highest BCUT2D eigenvalue weighted by Gasteiger charge is 2.12. The third-order valence-corrected chi connectivity index (χ3v) is 2.93. The van der Waals surface area contributed by atoms with Crippen LogP contribution in [0, 0.1) is 0 Å². The van der Waals surface area contributed by atoms with Crippen molar-refractivity contribution < 1.29 is 4.74 Å². The van der Waals surface area contributed by atoms with Crippen LogP contribution < -0.4 is 11.1 Å². The highest BCUT2D eigenvalue weighted by atomic mass is 16.5. The molecule has 1 aliphatic rings. The first-order valence-electron chi connectivity index (χ1n) is 6.86. The molecule has 100 valence electrons. The SMILES string of the molecule is CC(C)NC(N)=NCCCOC1CCCCC1. The number of nitrogens with one attached hydrogen (secondary N) is 1. The zero-order valence-corrected chi connectivity index (χ0v) is 11.2. The van der Waals surface area contributed by atoms with Crippen LogP contribution in [-0.4, -0.2) is 31.3 Å². The normalized spacial score (nSPS) is 18.6. The Bertz CT molecular complexity index is 223. The molecule has 0 aromatic rings. The van der Waals surface area contributed by atoms with Gasteiger partial charge in [-0.15, -0.1) is 0 Å². The first-order valence-corrected chi connectivity index (χ1v) is 6.86. The summed E-state index contributed by atoms with van der Waals surface area (Å²) >= 11 is 0. The summed E-state index contributed by atoms with van der Waals surface area (Å²) in [7, 11) is 0. The maximum atomic E-state index is 5.82. The molecule has 0 heterocycles. The Morgan fingerprint density at radius 2 is 2.06 bits per heavy atom. The maximum absolute atomic E-state index is 5.82. The van der Waals surface area contributed by atoms with Gasteiger partial charge in [0.2, 0.25) is 0 Å². The van der Waals surface area contributed by atoms with Crippen molar-refractivity contribution in [2.24, 2.45) is 10.7 Å². The van der Waals surface area contributed by atoms with E-state index in [1.54, 1.807) is 0 Å². The molecule has 1 aliphatic carbocycles. The van der Waals surface area contributed by atoms with E-state index in [4.69, 9.17) is 10.5 Å². The first kappa shape index (κ1) is 14.3. The van der Waals surface area contributed by atoms with Crippen LogP contribution in [0.5, 0.6) is 0 Å². The molecule has 4 nitrogen and oxygen atoms in total. The van der Waals surface area contributed by atoms with Gasteiger partial charge in [-0.1, -0.05) is 19.3 Å². The van der Waals surface area contributed by atoms with Crippen LogP contribution in [0.15, 0.2) is 4.99 Å². The van der Waals surface area contributed by atoms with Gasteiger partial charge in [0.15, 0.2) is 5.96 Å². The van der Waals surface area contributed by atoms with E-state index in [1.165, 1.54) is 32.1 Å². The monoisotopic (exact) mass is 241 g/mol. The van der Waals surface area contributed by atoms with Crippen LogP contribution in [0.2, 0.25) is 0 Å². The molecule has 0 radical (unpaired) electrons. The lowest BCUT2D eigenvalue weighted by atomic mass is 9.98. The van der Waals surface area contributed by atoms with Crippen LogP contribution in [0.3, 0.4) is 0 Å². The topological polar surface area (TPSA) is 59.6 Å². The molecule has 0 aromatic heterocycles. The molecule has 0 aromatic carbocycles. The van der Waals surface area contributed by atoms with Crippen molar-refractivity contribution in [1.29, 1.82) is 0 Å². The predicted molar refractivity (Wildman–Crippen MR) is 72.2 cm³/mol. The van der Waals surface area contributed by atoms with Gasteiger partial charge in [-0.05, 0) is 33.1 Å². The quantitative estimate of drug-likeness (QED) is 0.425. The molecule has 17 heavy (non-hydrogen) atoms. The second-order valence-electron chi connectivity index (χ2n) is 5.05. The molecule has 1 saturated carbocycles. The van der Waals surface area contributed by atoms with E-state index in [2.05, 4.69) is 24.2 Å². The van der Waals surface area contributed by atoms with Gasteiger partial charge in [-0.25, -0.2) is 0 Å². The van der Waals surface area contributed by atoms with E-state index in [-0.39, 0.29) is 0 Å². The zero-order valence-electron chi connectivity index (χ0n) is 11.2. The molecule has 0 spiro atoms. The number of hydrogen-bond acceptors (Lipinski definition) is 2. The van der Waals surface area contributed by atoms with E-state index >= 15 is 0 Å². The van der Waals surface area contributed by atoms with Crippen LogP contribution in [0.1, 0.15) is 52.4 Å². The lowest BCUT2D eigenvalue weighted by molar-refractivity contribution is 0.0281. The Morgan fingerprint density at radius 1 is 1.35 bits per heavy atom. The molecular formula is C13H27N3O. The number of nitrogens with two attached hydrogens (primary N) is 1. The lowest BCUT2D eigenvalue weighted by Crippen LogP contribution is -2.36. The van der Waals surface area contributed by atoms with E-state index in [0.29, 0.717) is 18.1 Å². The van der Waals surface area contributed by atoms with Gasteiger partial charge in [-0.3, -0.25) is 4.99 Å². The van der Waals surface area contributed by atoms with E-state index in [1.807, 2.05) is 0 Å². The summed E-state index contributed by atoms with van der Waals surface area (Å²) < 4.78 is 5.82. The summed E-state index contributed by atoms with van der Waals surface area (Å²) in [6.07, 6.45) is 7.96. The van der Waals surface area contributed by atoms with Crippen LogP contribution >= 0.6 is 0 Å². The molecule has 0 unspecified atom stereocenters. The third kappa shape index (κ3) is 7.21. The molecular weight excluding hydrogens is 214 g/mol. The van der Waals surface area contributed by atoms with Gasteiger partial charge in [0.1, 0.15) is 0 Å². The molecule has 0 bridgehead atoms. The molecule has 0 amide bonds. The van der Waals surface area contributed by atoms with Gasteiger partial charge in [0, 0.05) is 19.2 Å². The fraction of sp³-hybridized carbons (Fsp3) is 0.923. The number of rotatable bonds is 6. The molecule has 0 aliphatic heterocycles. The molecule has 1 fully saturated rings. The van der Waals surface area contributed by atoms with Gasteiger partial charge in [-0.2, -0.15) is 0 Å². The fourth-order valence-electron chi connectivity index (χ4n) is 2.09. The lowest BCUT2D eigenvalue weighted by Gasteiger charge is -2.21. The average Bonchev–Trinajstić information content (AvgIpc) is 2.29. The maximum Gasteiger partial charge on any atom is 0.188 e. The summed E-state index contributed by atoms with van der Waals surface area (Å²) in [5.74, 6) is 0.540. The van der Waals surface area contributed by atoms with Gasteiger partial charge in [0.05, 0.1) is 6.10 Å². The van der Waals surface area contributed by atoms with Crippen molar-refractivity contribution in [3.8, 4) is 0 Å². The summed E-state index contributed by atoms with van der Waals surface area (Å²) in [6.45, 7) is 5.66. The second-order valence-corrected chi connectivity index (χ2v) is 5.05. The summed E-state index contributed by atoms with van der Waals surface area (Å²) in [4.78, 5) is 4.25. The van der Waals surface area contributed by atoms with Crippen LogP contribution in [0.4, 0.5) is 0 Å². The Morgan fingerprint density at radius 3 is 2.71 bits per heavy atom.